The van der Waals surface area contributed by atoms with Crippen LogP contribution in [0.3, 0.4) is 0 Å². The van der Waals surface area contributed by atoms with Crippen LogP contribution in [0.5, 0.6) is 11.5 Å². The highest BCUT2D eigenvalue weighted by atomic mass is 16.7. The summed E-state index contributed by atoms with van der Waals surface area (Å²) in [4.78, 5) is 23.5. The van der Waals surface area contributed by atoms with E-state index >= 15 is 0 Å². The number of fused-ring (bicyclic) bond motifs is 1. The third kappa shape index (κ3) is 4.86. The van der Waals surface area contributed by atoms with E-state index < -0.39 is 5.97 Å². The van der Waals surface area contributed by atoms with Crippen molar-refractivity contribution in [2.45, 2.75) is 13.5 Å². The summed E-state index contributed by atoms with van der Waals surface area (Å²) in [7, 11) is 0. The lowest BCUT2D eigenvalue weighted by atomic mass is 10.1. The van der Waals surface area contributed by atoms with Crippen molar-refractivity contribution < 1.29 is 23.8 Å². The number of rotatable bonds is 6. The van der Waals surface area contributed by atoms with Crippen LogP contribution in [-0.2, 0) is 20.9 Å². The second kappa shape index (κ2) is 8.20. The van der Waals surface area contributed by atoms with Gasteiger partial charge in [0, 0.05) is 12.6 Å². The third-order valence-corrected chi connectivity index (χ3v) is 3.76. The molecule has 0 aromatic heterocycles. The van der Waals surface area contributed by atoms with Gasteiger partial charge in [-0.15, -0.1) is 0 Å². The van der Waals surface area contributed by atoms with Gasteiger partial charge in [0.2, 0.25) is 6.79 Å². The number of amides is 1. The molecule has 0 saturated carbocycles. The fourth-order valence-corrected chi connectivity index (χ4v) is 2.32. The maximum atomic E-state index is 11.7. The zero-order valence-corrected chi connectivity index (χ0v) is 14.4. The Morgan fingerprint density at radius 1 is 1.12 bits per heavy atom. The van der Waals surface area contributed by atoms with Crippen molar-refractivity contribution in [3.63, 3.8) is 0 Å². The van der Waals surface area contributed by atoms with E-state index in [4.69, 9.17) is 14.2 Å². The molecule has 6 nitrogen and oxygen atoms in total. The predicted octanol–water partition coefficient (Wildman–Crippen LogP) is 2.60. The lowest BCUT2D eigenvalue weighted by molar-refractivity contribution is -0.143. The highest BCUT2D eigenvalue weighted by Crippen LogP contribution is 2.32. The van der Waals surface area contributed by atoms with E-state index in [0.29, 0.717) is 18.0 Å². The molecular weight excluding hydrogens is 334 g/mol. The normalized spacial score (nSPS) is 12.2. The van der Waals surface area contributed by atoms with Crippen LogP contribution in [0.25, 0.3) is 6.08 Å². The minimum Gasteiger partial charge on any atom is -0.454 e. The Kier molecular flexibility index (Phi) is 5.53. The zero-order valence-electron chi connectivity index (χ0n) is 14.4. The van der Waals surface area contributed by atoms with Gasteiger partial charge in [-0.25, -0.2) is 4.79 Å². The average molecular weight is 353 g/mol. The number of hydrogen-bond acceptors (Lipinski definition) is 5. The van der Waals surface area contributed by atoms with Crippen molar-refractivity contribution in [2.75, 3.05) is 13.4 Å². The second-order valence-corrected chi connectivity index (χ2v) is 5.82. The molecule has 0 atom stereocenters. The number of nitrogens with one attached hydrogen (secondary N) is 1. The van der Waals surface area contributed by atoms with Gasteiger partial charge in [-0.05, 0) is 36.3 Å². The van der Waals surface area contributed by atoms with Crippen molar-refractivity contribution in [1.82, 2.24) is 5.32 Å². The maximum absolute atomic E-state index is 11.7. The molecule has 134 valence electrons. The van der Waals surface area contributed by atoms with Crippen LogP contribution in [0.2, 0.25) is 0 Å². The molecule has 2 aromatic carbocycles. The Labute approximate surface area is 151 Å². The highest BCUT2D eigenvalue weighted by Gasteiger charge is 2.12. The fraction of sp³-hybridized carbons (Fsp3) is 0.200. The molecule has 1 amide bonds. The molecule has 1 aliphatic rings. The first-order chi connectivity index (χ1) is 12.6. The number of carbonyl (C=O) groups is 2. The molecule has 0 aliphatic carbocycles. The van der Waals surface area contributed by atoms with Crippen molar-refractivity contribution in [2.24, 2.45) is 0 Å². The zero-order chi connectivity index (χ0) is 18.4. The molecule has 1 N–H and O–H groups in total. The second-order valence-electron chi connectivity index (χ2n) is 5.82. The van der Waals surface area contributed by atoms with E-state index in [2.05, 4.69) is 5.32 Å². The fourth-order valence-electron chi connectivity index (χ4n) is 2.32. The Morgan fingerprint density at radius 2 is 1.88 bits per heavy atom. The van der Waals surface area contributed by atoms with Gasteiger partial charge < -0.3 is 19.5 Å². The van der Waals surface area contributed by atoms with E-state index in [1.165, 1.54) is 6.08 Å². The first-order valence-electron chi connectivity index (χ1n) is 8.17. The molecule has 0 bridgehead atoms. The van der Waals surface area contributed by atoms with Crippen LogP contribution in [0.4, 0.5) is 0 Å². The van der Waals surface area contributed by atoms with Crippen LogP contribution in [-0.4, -0.2) is 25.3 Å². The van der Waals surface area contributed by atoms with E-state index in [9.17, 15) is 9.59 Å². The molecule has 26 heavy (non-hydrogen) atoms. The minimum atomic E-state index is -0.590. The average Bonchev–Trinajstić information content (AvgIpc) is 3.12. The van der Waals surface area contributed by atoms with Crippen molar-refractivity contribution >= 4 is 18.0 Å². The first-order valence-corrected chi connectivity index (χ1v) is 8.17. The van der Waals surface area contributed by atoms with Gasteiger partial charge in [-0.1, -0.05) is 35.9 Å². The summed E-state index contributed by atoms with van der Waals surface area (Å²) in [6, 6.07) is 13.2. The summed E-state index contributed by atoms with van der Waals surface area (Å²) in [5, 5.41) is 2.71. The summed E-state index contributed by atoms with van der Waals surface area (Å²) in [5.41, 5.74) is 2.91. The topological polar surface area (TPSA) is 73.9 Å². The van der Waals surface area contributed by atoms with Gasteiger partial charge >= 0.3 is 5.97 Å². The number of benzene rings is 2. The van der Waals surface area contributed by atoms with Gasteiger partial charge in [0.15, 0.2) is 18.1 Å². The quantitative estimate of drug-likeness (QED) is 0.638. The van der Waals surface area contributed by atoms with E-state index in [-0.39, 0.29) is 19.3 Å². The number of carbonyl (C=O) groups excluding carboxylic acids is 2. The molecular formula is C20H19NO5. The maximum Gasteiger partial charge on any atom is 0.331 e. The third-order valence-electron chi connectivity index (χ3n) is 3.76. The largest absolute Gasteiger partial charge is 0.454 e. The lowest BCUT2D eigenvalue weighted by Gasteiger charge is -2.06. The molecule has 0 unspecified atom stereocenters. The molecule has 3 rings (SSSR count). The van der Waals surface area contributed by atoms with Gasteiger partial charge in [0.25, 0.3) is 5.91 Å². The first kappa shape index (κ1) is 17.5. The number of ether oxygens (including phenoxy) is 3. The number of hydrogen-bond donors (Lipinski definition) is 1. The van der Waals surface area contributed by atoms with Gasteiger partial charge in [0.1, 0.15) is 0 Å². The van der Waals surface area contributed by atoms with E-state index in [1.54, 1.807) is 24.3 Å². The summed E-state index contributed by atoms with van der Waals surface area (Å²) < 4.78 is 15.4. The summed E-state index contributed by atoms with van der Waals surface area (Å²) in [5.74, 6) is 0.370. The van der Waals surface area contributed by atoms with Gasteiger partial charge in [0.05, 0.1) is 0 Å². The molecule has 2 aromatic rings. The Hall–Kier alpha value is -3.28. The predicted molar refractivity (Wildman–Crippen MR) is 95.6 cm³/mol. The van der Waals surface area contributed by atoms with Crippen LogP contribution in [0.15, 0.2) is 48.5 Å². The smallest absolute Gasteiger partial charge is 0.331 e. The van der Waals surface area contributed by atoms with Crippen molar-refractivity contribution in [3.05, 3.63) is 65.2 Å². The molecule has 0 spiro atoms. The van der Waals surface area contributed by atoms with Crippen LogP contribution in [0, 0.1) is 6.92 Å². The number of esters is 1. The Morgan fingerprint density at radius 3 is 2.69 bits per heavy atom. The van der Waals surface area contributed by atoms with Crippen molar-refractivity contribution in [1.29, 1.82) is 0 Å². The van der Waals surface area contributed by atoms with Crippen LogP contribution < -0.4 is 14.8 Å². The summed E-state index contributed by atoms with van der Waals surface area (Å²) in [6.07, 6.45) is 2.86. The molecule has 6 heteroatoms. The van der Waals surface area contributed by atoms with E-state index in [0.717, 1.165) is 16.7 Å². The van der Waals surface area contributed by atoms with Crippen molar-refractivity contribution in [3.8, 4) is 11.5 Å². The molecule has 1 aliphatic heterocycles. The minimum absolute atomic E-state index is 0.197. The van der Waals surface area contributed by atoms with E-state index in [1.807, 2.05) is 31.2 Å². The molecule has 0 fully saturated rings. The Balaban J connectivity index is 1.41. The lowest BCUT2D eigenvalue weighted by Crippen LogP contribution is -2.28. The van der Waals surface area contributed by atoms with Gasteiger partial charge in [-0.3, -0.25) is 4.79 Å². The van der Waals surface area contributed by atoms with Crippen LogP contribution >= 0.6 is 0 Å². The number of aryl methyl sites for hydroxylation is 1. The highest BCUT2D eigenvalue weighted by molar-refractivity contribution is 5.89. The molecule has 1 heterocycles. The summed E-state index contributed by atoms with van der Waals surface area (Å²) in [6.45, 7) is 2.26. The standard InChI is InChI=1S/C20H19NO5/c1-14-2-4-16(5-3-14)11-21-19(22)12-24-20(23)9-7-15-6-8-17-18(10-15)26-13-25-17/h2-10H,11-13H2,1H3,(H,21,22)/b9-7+. The molecule has 0 saturated heterocycles. The van der Waals surface area contributed by atoms with Gasteiger partial charge in [-0.2, -0.15) is 0 Å². The SMILES string of the molecule is Cc1ccc(CNC(=O)COC(=O)/C=C/c2ccc3c(c2)OCO3)cc1. The monoisotopic (exact) mass is 353 g/mol. The Bertz CT molecular complexity index is 827. The van der Waals surface area contributed by atoms with Crippen LogP contribution in [0.1, 0.15) is 16.7 Å². The summed E-state index contributed by atoms with van der Waals surface area (Å²) >= 11 is 0. The molecule has 0 radical (unpaired) electrons.